The highest BCUT2D eigenvalue weighted by molar-refractivity contribution is 5.76. The molecule has 50 heavy (non-hydrogen) atoms. The van der Waals surface area contributed by atoms with Crippen molar-refractivity contribution < 1.29 is 4.42 Å². The highest BCUT2D eigenvalue weighted by Crippen LogP contribution is 2.32. The van der Waals surface area contributed by atoms with E-state index in [1.807, 2.05) is 42.9 Å². The summed E-state index contributed by atoms with van der Waals surface area (Å²) in [4.78, 5) is 12.8. The van der Waals surface area contributed by atoms with E-state index in [4.69, 9.17) is 4.42 Å². The highest BCUT2D eigenvalue weighted by Gasteiger charge is 2.19. The smallest absolute Gasteiger partial charge is 0.109 e. The third-order valence-corrected chi connectivity index (χ3v) is 8.34. The van der Waals surface area contributed by atoms with Gasteiger partial charge in [0.15, 0.2) is 0 Å². The van der Waals surface area contributed by atoms with Crippen LogP contribution in [0.1, 0.15) is 139 Å². The summed E-state index contributed by atoms with van der Waals surface area (Å²) >= 11 is 0. The Kier molecular flexibility index (Phi) is 15.2. The molecule has 2 aromatic heterocycles. The summed E-state index contributed by atoms with van der Waals surface area (Å²) in [5.41, 5.74) is 8.99. The lowest BCUT2D eigenvalue weighted by molar-refractivity contribution is 0.409. The first-order valence-corrected chi connectivity index (χ1v) is 18.2. The maximum absolute atomic E-state index is 5.20. The third kappa shape index (κ3) is 15.0. The quantitative estimate of drug-likeness (QED) is 0.238. The molecule has 0 spiro atoms. The van der Waals surface area contributed by atoms with Gasteiger partial charge < -0.3 is 4.42 Å². The molecule has 3 aliphatic rings. The topological polar surface area (TPSA) is 50.8 Å². The molecule has 0 unspecified atom stereocenters. The number of furan rings is 1. The fourth-order valence-corrected chi connectivity index (χ4v) is 4.95. The van der Waals surface area contributed by atoms with Gasteiger partial charge in [-0.2, -0.15) is 0 Å². The van der Waals surface area contributed by atoms with Crippen molar-refractivity contribution in [1.29, 1.82) is 0 Å². The zero-order chi connectivity index (χ0) is 37.8. The molecule has 2 aliphatic heterocycles. The number of aliphatic imine (C=N–C) groups is 2. The lowest BCUT2D eigenvalue weighted by atomic mass is 9.86. The summed E-state index contributed by atoms with van der Waals surface area (Å²) < 4.78 is 5.20. The largest absolute Gasteiger partial charge is 0.469 e. The van der Waals surface area contributed by atoms with Crippen LogP contribution < -0.4 is 0 Å². The number of benzene rings is 1. The fraction of sp³-hybridized carbons (Fsp3) is 0.500. The van der Waals surface area contributed by atoms with Crippen molar-refractivity contribution in [3.8, 4) is 0 Å². The van der Waals surface area contributed by atoms with E-state index in [-0.39, 0.29) is 21.7 Å². The monoisotopic (exact) mass is 678 g/mol. The molecule has 1 aliphatic carbocycles. The van der Waals surface area contributed by atoms with Crippen LogP contribution in [0.25, 0.3) is 0 Å². The zero-order valence-corrected chi connectivity index (χ0v) is 34.1. The molecule has 0 amide bonds. The Bertz CT molecular complexity index is 1600. The van der Waals surface area contributed by atoms with Crippen LogP contribution in [0.2, 0.25) is 0 Å². The van der Waals surface area contributed by atoms with E-state index < -0.39 is 0 Å². The number of hydrogen-bond donors (Lipinski definition) is 0. The van der Waals surface area contributed by atoms with Gasteiger partial charge in [-0.1, -0.05) is 152 Å². The maximum atomic E-state index is 5.20. The molecule has 4 nitrogen and oxygen atoms in total. The van der Waals surface area contributed by atoms with Crippen molar-refractivity contribution in [3.05, 3.63) is 119 Å². The minimum absolute atomic E-state index is 0.156. The second-order valence-electron chi connectivity index (χ2n) is 18.3. The van der Waals surface area contributed by atoms with Crippen LogP contribution in [0.15, 0.2) is 111 Å². The van der Waals surface area contributed by atoms with Crippen LogP contribution in [-0.2, 0) is 22.7 Å². The molecule has 4 heteroatoms. The van der Waals surface area contributed by atoms with Crippen LogP contribution in [0, 0.1) is 10.8 Å². The minimum Gasteiger partial charge on any atom is -0.469 e. The first kappa shape index (κ1) is 42.4. The van der Waals surface area contributed by atoms with E-state index in [0.717, 1.165) is 36.4 Å². The summed E-state index contributed by atoms with van der Waals surface area (Å²) in [5.74, 6) is 1.04. The van der Waals surface area contributed by atoms with Gasteiger partial charge in [0.25, 0.3) is 0 Å². The van der Waals surface area contributed by atoms with Gasteiger partial charge in [0, 0.05) is 59.1 Å². The number of aromatic nitrogens is 1. The Hall–Kier alpha value is -3.79. The number of fused-ring (bicyclic) bond motifs is 1. The third-order valence-electron chi connectivity index (χ3n) is 8.34. The van der Waals surface area contributed by atoms with Crippen molar-refractivity contribution in [3.63, 3.8) is 0 Å². The maximum Gasteiger partial charge on any atom is 0.109 e. The predicted octanol–water partition coefficient (Wildman–Crippen LogP) is 13.5. The molecule has 3 aromatic rings. The van der Waals surface area contributed by atoms with Crippen LogP contribution in [0.5, 0.6) is 0 Å². The van der Waals surface area contributed by atoms with Gasteiger partial charge in [-0.3, -0.25) is 15.0 Å². The van der Waals surface area contributed by atoms with Gasteiger partial charge >= 0.3 is 0 Å². The molecule has 0 fully saturated rings. The van der Waals surface area contributed by atoms with Crippen LogP contribution in [-0.4, -0.2) is 17.4 Å². The Morgan fingerprint density at radius 1 is 0.620 bits per heavy atom. The number of rotatable bonds is 0. The molecular weight excluding hydrogens is 611 g/mol. The summed E-state index contributed by atoms with van der Waals surface area (Å²) in [7, 11) is 0. The lowest BCUT2D eigenvalue weighted by Crippen LogP contribution is -2.12. The lowest BCUT2D eigenvalue weighted by Gasteiger charge is -2.19. The average molecular weight is 678 g/mol. The molecule has 0 atom stereocenters. The van der Waals surface area contributed by atoms with E-state index in [9.17, 15) is 0 Å². The fourth-order valence-electron chi connectivity index (χ4n) is 4.95. The first-order chi connectivity index (χ1) is 23.0. The van der Waals surface area contributed by atoms with Gasteiger partial charge in [0.2, 0.25) is 0 Å². The van der Waals surface area contributed by atoms with Gasteiger partial charge in [-0.25, -0.2) is 0 Å². The summed E-state index contributed by atoms with van der Waals surface area (Å²) in [6.45, 7) is 32.9. The molecular formula is C46H67N3O. The normalized spacial score (nSPS) is 14.9. The molecule has 4 heterocycles. The van der Waals surface area contributed by atoms with Crippen molar-refractivity contribution in [2.45, 2.75) is 139 Å². The molecule has 0 saturated heterocycles. The zero-order valence-electron chi connectivity index (χ0n) is 34.1. The standard InChI is InChI=1S/C12H15N.C9H13N.C9H14.C8H13N.C8H12O/c1-12(2,3)10-5-4-9-6-7-13-11(9)8-10;1-9(2,3)8-6-4-5-7-10-8;1-9(2,3)8-6-4-5-7-8;2*1-8(2,3)7-5-4-6-9-7/h4-5,7-8H,6H2,1-3H3;4-7H,1-3H3;4-6H,7H2,1-3H3;5-6H,4H2,1-3H3;4-6H,1-3H3. The predicted molar refractivity (Wildman–Crippen MR) is 219 cm³/mol. The number of nitrogens with zero attached hydrogens (tertiary/aromatic N) is 3. The molecule has 6 rings (SSSR count). The molecule has 0 saturated carbocycles. The number of hydrogen-bond acceptors (Lipinski definition) is 4. The molecule has 0 radical (unpaired) electrons. The van der Waals surface area contributed by atoms with Crippen molar-refractivity contribution in [2.24, 2.45) is 20.8 Å². The van der Waals surface area contributed by atoms with Gasteiger partial charge in [-0.15, -0.1) is 0 Å². The Balaban J connectivity index is 0.000000219. The van der Waals surface area contributed by atoms with E-state index >= 15 is 0 Å². The van der Waals surface area contributed by atoms with Gasteiger partial charge in [-0.05, 0) is 58.7 Å². The minimum atomic E-state index is 0.156. The van der Waals surface area contributed by atoms with Gasteiger partial charge in [0.05, 0.1) is 12.0 Å². The number of allylic oxidation sites excluding steroid dienone is 6. The Labute approximate surface area is 306 Å². The molecule has 0 bridgehead atoms. The van der Waals surface area contributed by atoms with Gasteiger partial charge in [0.1, 0.15) is 5.76 Å². The summed E-state index contributed by atoms with van der Waals surface area (Å²) in [6, 6.07) is 16.6. The second kappa shape index (κ2) is 17.9. The van der Waals surface area contributed by atoms with Crippen molar-refractivity contribution >= 4 is 18.1 Å². The SMILES string of the molecule is CC(C)(C)C1=CC=CC1.CC(C)(C)C1=CCC=N1.CC(C)(C)c1ccc2c(c1)N=CC2.CC(C)(C)c1ccccn1.CC(C)(C)c1ccco1. The molecule has 0 N–H and O–H groups in total. The van der Waals surface area contributed by atoms with E-state index in [0.29, 0.717) is 5.41 Å². The number of pyridine rings is 1. The van der Waals surface area contributed by atoms with Crippen LogP contribution in [0.4, 0.5) is 5.69 Å². The van der Waals surface area contributed by atoms with Crippen molar-refractivity contribution in [1.82, 2.24) is 4.98 Å². The van der Waals surface area contributed by atoms with Crippen LogP contribution in [0.3, 0.4) is 0 Å². The summed E-state index contributed by atoms with van der Waals surface area (Å²) in [6.07, 6.45) is 19.4. The Morgan fingerprint density at radius 2 is 1.32 bits per heavy atom. The highest BCUT2D eigenvalue weighted by atomic mass is 16.3. The average Bonchev–Trinajstić information content (AvgIpc) is 3.84. The Morgan fingerprint density at radius 3 is 1.68 bits per heavy atom. The van der Waals surface area contributed by atoms with Crippen molar-refractivity contribution in [2.75, 3.05) is 0 Å². The first-order valence-electron chi connectivity index (χ1n) is 18.2. The van der Waals surface area contributed by atoms with Crippen LogP contribution >= 0.6 is 0 Å². The molecule has 272 valence electrons. The second-order valence-corrected chi connectivity index (χ2v) is 18.3. The van der Waals surface area contributed by atoms with E-state index in [1.165, 1.54) is 16.8 Å². The van der Waals surface area contributed by atoms with E-state index in [2.05, 4.69) is 167 Å². The summed E-state index contributed by atoms with van der Waals surface area (Å²) in [5, 5.41) is 0. The van der Waals surface area contributed by atoms with E-state index in [1.54, 1.807) is 11.8 Å². The molecule has 1 aromatic carbocycles.